The molecular formula is C32H32ClF2N7O2. The fourth-order valence-electron chi connectivity index (χ4n) is 8.55. The van der Waals surface area contributed by atoms with Crippen LogP contribution in [0.25, 0.3) is 32.9 Å². The van der Waals surface area contributed by atoms with E-state index in [4.69, 9.17) is 31.0 Å². The fraction of sp³-hybridized carbons (Fsp3) is 0.500. The first-order valence-corrected chi connectivity index (χ1v) is 15.9. The molecule has 1 N–H and O–H groups in total. The van der Waals surface area contributed by atoms with Gasteiger partial charge in [0.25, 0.3) is 0 Å². The largest absolute Gasteiger partial charge is 0.472 e. The Labute approximate surface area is 257 Å². The summed E-state index contributed by atoms with van der Waals surface area (Å²) < 4.78 is 44.3. The Bertz CT molecular complexity index is 1820. The third-order valence-electron chi connectivity index (χ3n) is 10.4. The second kappa shape index (κ2) is 9.79. The van der Waals surface area contributed by atoms with E-state index >= 15 is 4.39 Å². The second-order valence-electron chi connectivity index (χ2n) is 13.0. The summed E-state index contributed by atoms with van der Waals surface area (Å²) in [5, 5.41) is 6.05. The number of nitrogens with zero attached hydrogens (tertiary/aromatic N) is 6. The normalized spacial score (nSPS) is 30.8. The van der Waals surface area contributed by atoms with Crippen LogP contribution in [0.2, 0.25) is 5.02 Å². The molecule has 3 aromatic heterocycles. The second-order valence-corrected chi connectivity index (χ2v) is 13.4. The number of ether oxygens (including phenoxy) is 2. The molecule has 4 saturated heterocycles. The summed E-state index contributed by atoms with van der Waals surface area (Å²) in [6, 6.07) is 6.01. The first kappa shape index (κ1) is 26.9. The van der Waals surface area contributed by atoms with Crippen LogP contribution in [-0.2, 0) is 0 Å². The van der Waals surface area contributed by atoms with Crippen molar-refractivity contribution in [3.05, 3.63) is 41.4 Å². The van der Waals surface area contributed by atoms with Crippen molar-refractivity contribution >= 4 is 39.1 Å². The zero-order valence-corrected chi connectivity index (χ0v) is 25.0. The molecule has 0 radical (unpaired) electrons. The highest BCUT2D eigenvalue weighted by molar-refractivity contribution is 6.36. The lowest BCUT2D eigenvalue weighted by molar-refractivity contribution is 0.107. The van der Waals surface area contributed by atoms with Crippen molar-refractivity contribution in [1.29, 1.82) is 0 Å². The highest BCUT2D eigenvalue weighted by atomic mass is 35.5. The number of aromatic nitrogens is 4. The molecule has 4 aromatic rings. The van der Waals surface area contributed by atoms with Gasteiger partial charge in [-0.2, -0.15) is 9.97 Å². The molecule has 5 aliphatic heterocycles. The highest BCUT2D eigenvalue weighted by Gasteiger charge is 2.50. The molecule has 9 rings (SSSR count). The van der Waals surface area contributed by atoms with Crippen molar-refractivity contribution in [2.24, 2.45) is 0 Å². The number of benzene rings is 1. The van der Waals surface area contributed by atoms with E-state index in [-0.39, 0.29) is 47.9 Å². The van der Waals surface area contributed by atoms with Gasteiger partial charge in [0.05, 0.1) is 11.6 Å². The molecule has 0 spiro atoms. The van der Waals surface area contributed by atoms with Crippen molar-refractivity contribution < 1.29 is 18.3 Å². The lowest BCUT2D eigenvalue weighted by Gasteiger charge is -2.42. The van der Waals surface area contributed by atoms with Gasteiger partial charge in [-0.25, -0.2) is 13.8 Å². The van der Waals surface area contributed by atoms with Gasteiger partial charge in [-0.1, -0.05) is 23.7 Å². The van der Waals surface area contributed by atoms with Crippen molar-refractivity contribution in [3.8, 4) is 23.1 Å². The van der Waals surface area contributed by atoms with E-state index in [2.05, 4.69) is 25.1 Å². The first-order chi connectivity index (χ1) is 21.4. The van der Waals surface area contributed by atoms with Gasteiger partial charge in [-0.15, -0.1) is 0 Å². The van der Waals surface area contributed by atoms with Crippen molar-refractivity contribution in [3.63, 3.8) is 0 Å². The monoisotopic (exact) mass is 619 g/mol. The molecule has 4 fully saturated rings. The van der Waals surface area contributed by atoms with E-state index < -0.39 is 17.5 Å². The molecule has 0 saturated carbocycles. The summed E-state index contributed by atoms with van der Waals surface area (Å²) in [6.45, 7) is 4.25. The number of halogens is 3. The number of fused-ring (bicyclic) bond motifs is 7. The summed E-state index contributed by atoms with van der Waals surface area (Å²) in [5.74, 6) is 0.219. The number of alkyl halides is 1. The minimum atomic E-state index is -0.883. The summed E-state index contributed by atoms with van der Waals surface area (Å²) in [7, 11) is 0. The Kier molecular flexibility index (Phi) is 6.00. The molecule has 8 heterocycles. The maximum atomic E-state index is 16.9. The predicted octanol–water partition coefficient (Wildman–Crippen LogP) is 5.08. The quantitative estimate of drug-likeness (QED) is 0.336. The Hall–Kier alpha value is -3.41. The van der Waals surface area contributed by atoms with Gasteiger partial charge in [-0.3, -0.25) is 9.88 Å². The van der Waals surface area contributed by atoms with E-state index in [0.717, 1.165) is 37.6 Å². The van der Waals surface area contributed by atoms with Crippen LogP contribution in [0.4, 0.5) is 14.6 Å². The molecule has 5 aliphatic rings. The van der Waals surface area contributed by atoms with E-state index in [0.29, 0.717) is 52.7 Å². The number of rotatable bonds is 4. The van der Waals surface area contributed by atoms with Gasteiger partial charge in [0.15, 0.2) is 5.82 Å². The zero-order valence-electron chi connectivity index (χ0n) is 24.3. The minimum absolute atomic E-state index is 0.0416. The number of piperazine rings is 1. The molecule has 6 atom stereocenters. The molecule has 1 aromatic carbocycles. The highest BCUT2D eigenvalue weighted by Crippen LogP contribution is 2.46. The van der Waals surface area contributed by atoms with E-state index in [9.17, 15) is 4.39 Å². The zero-order chi connectivity index (χ0) is 29.7. The van der Waals surface area contributed by atoms with Crippen LogP contribution in [0.3, 0.4) is 0 Å². The summed E-state index contributed by atoms with van der Waals surface area (Å²) in [5.41, 5.74) is 0.185. The maximum Gasteiger partial charge on any atom is 0.319 e. The SMILES string of the molecule is C[C@@H]1Oc2nc(-c3cncc4cccc(Cl)c34)c(F)c3nc(OC[C@@]45CCCN4C[C@H](F)C5)nc(c23)N2C[C@H]3CC[C@H](N3)[C@@H]12. The van der Waals surface area contributed by atoms with Gasteiger partial charge in [-0.05, 0) is 45.2 Å². The Morgan fingerprint density at radius 1 is 1.16 bits per heavy atom. The average molecular weight is 620 g/mol. The molecule has 0 unspecified atom stereocenters. The van der Waals surface area contributed by atoms with Crippen LogP contribution in [0.15, 0.2) is 30.6 Å². The summed E-state index contributed by atoms with van der Waals surface area (Å²) in [6.07, 6.45) is 6.46. The lowest BCUT2D eigenvalue weighted by Crippen LogP contribution is -2.62. The maximum absolute atomic E-state index is 16.9. The molecule has 12 heteroatoms. The standard InChI is InChI=1S/C32H32ClF2N7O2/c1-16-28-22-7-6-19(37-22)14-42(28)29-24-27(39-31(40-29)43-15-32-8-3-9-41(32)13-18(34)10-32)25(35)26(38-30(24)44-16)20-12-36-11-17-4-2-5-21(33)23(17)20/h2,4-5,11-12,16,18-19,22,28,37H,3,6-10,13-15H2,1H3/t16-,18+,19+,22-,28+,32-/m0/s1. The number of hydrogen-bond donors (Lipinski definition) is 1. The van der Waals surface area contributed by atoms with Crippen LogP contribution < -0.4 is 19.7 Å². The van der Waals surface area contributed by atoms with E-state index in [1.54, 1.807) is 18.5 Å². The fourth-order valence-corrected chi connectivity index (χ4v) is 8.83. The van der Waals surface area contributed by atoms with Crippen molar-refractivity contribution in [1.82, 2.24) is 30.2 Å². The smallest absolute Gasteiger partial charge is 0.319 e. The topological polar surface area (TPSA) is 88.5 Å². The minimum Gasteiger partial charge on any atom is -0.472 e. The van der Waals surface area contributed by atoms with Crippen LogP contribution >= 0.6 is 11.6 Å². The lowest BCUT2D eigenvalue weighted by atomic mass is 9.95. The van der Waals surface area contributed by atoms with Crippen molar-refractivity contribution in [2.45, 2.75) is 75.0 Å². The molecule has 0 aliphatic carbocycles. The molecule has 228 valence electrons. The van der Waals surface area contributed by atoms with Crippen LogP contribution in [-0.4, -0.2) is 87.0 Å². The van der Waals surface area contributed by atoms with Crippen LogP contribution in [0.5, 0.6) is 11.9 Å². The van der Waals surface area contributed by atoms with Crippen LogP contribution in [0, 0.1) is 5.82 Å². The van der Waals surface area contributed by atoms with Gasteiger partial charge < -0.3 is 19.7 Å². The van der Waals surface area contributed by atoms with Crippen molar-refractivity contribution in [2.75, 3.05) is 31.1 Å². The Morgan fingerprint density at radius 2 is 2.07 bits per heavy atom. The molecule has 2 bridgehead atoms. The van der Waals surface area contributed by atoms with Gasteiger partial charge >= 0.3 is 6.01 Å². The Balaban J connectivity index is 1.24. The summed E-state index contributed by atoms with van der Waals surface area (Å²) >= 11 is 6.64. The number of anilines is 1. The first-order valence-electron chi connectivity index (χ1n) is 15.5. The average Bonchev–Trinajstić information content (AvgIpc) is 3.65. The number of pyridine rings is 2. The van der Waals surface area contributed by atoms with Gasteiger partial charge in [0.1, 0.15) is 41.3 Å². The van der Waals surface area contributed by atoms with Gasteiger partial charge in [0.2, 0.25) is 5.88 Å². The van der Waals surface area contributed by atoms with E-state index in [1.807, 2.05) is 19.1 Å². The summed E-state index contributed by atoms with van der Waals surface area (Å²) in [4.78, 5) is 23.2. The number of nitrogens with one attached hydrogen (secondary N) is 1. The van der Waals surface area contributed by atoms with Gasteiger partial charge in [0, 0.05) is 65.3 Å². The molecule has 44 heavy (non-hydrogen) atoms. The Morgan fingerprint density at radius 3 is 2.98 bits per heavy atom. The number of hydrogen-bond acceptors (Lipinski definition) is 9. The third-order valence-corrected chi connectivity index (χ3v) is 10.8. The molecular weight excluding hydrogens is 588 g/mol. The molecule has 9 nitrogen and oxygen atoms in total. The van der Waals surface area contributed by atoms with Crippen LogP contribution in [0.1, 0.15) is 39.0 Å². The molecule has 0 amide bonds. The predicted molar refractivity (Wildman–Crippen MR) is 163 cm³/mol. The van der Waals surface area contributed by atoms with E-state index in [1.165, 1.54) is 0 Å². The third kappa shape index (κ3) is 3.94.